The van der Waals surface area contributed by atoms with Crippen LogP contribution in [0.3, 0.4) is 0 Å². The first kappa shape index (κ1) is 15.8. The summed E-state index contributed by atoms with van der Waals surface area (Å²) in [7, 11) is 0. The molecular weight excluding hydrogens is 332 g/mol. The number of imidazole rings is 2. The molecule has 3 aromatic carbocycles. The first-order valence-corrected chi connectivity index (χ1v) is 9.11. The number of rotatable bonds is 2. The van der Waals surface area contributed by atoms with Crippen LogP contribution in [0.4, 0.5) is 0 Å². The van der Waals surface area contributed by atoms with Crippen molar-refractivity contribution in [3.05, 3.63) is 71.5 Å². The molecule has 0 unspecified atom stereocenters. The van der Waals surface area contributed by atoms with Gasteiger partial charge in [0.1, 0.15) is 11.6 Å². The van der Waals surface area contributed by atoms with Gasteiger partial charge in [0.15, 0.2) is 0 Å². The summed E-state index contributed by atoms with van der Waals surface area (Å²) < 4.78 is 0. The van der Waals surface area contributed by atoms with Crippen LogP contribution >= 0.6 is 0 Å². The highest BCUT2D eigenvalue weighted by atomic mass is 14.9. The third-order valence-corrected chi connectivity index (χ3v) is 5.20. The van der Waals surface area contributed by atoms with E-state index in [1.807, 2.05) is 6.92 Å². The van der Waals surface area contributed by atoms with Crippen molar-refractivity contribution in [2.45, 2.75) is 20.8 Å². The molecule has 0 spiro atoms. The van der Waals surface area contributed by atoms with E-state index in [0.717, 1.165) is 50.4 Å². The van der Waals surface area contributed by atoms with Crippen molar-refractivity contribution in [2.75, 3.05) is 0 Å². The van der Waals surface area contributed by atoms with Gasteiger partial charge < -0.3 is 9.97 Å². The molecule has 27 heavy (non-hydrogen) atoms. The van der Waals surface area contributed by atoms with Crippen LogP contribution < -0.4 is 0 Å². The molecule has 0 saturated carbocycles. The summed E-state index contributed by atoms with van der Waals surface area (Å²) in [6.07, 6.45) is 0. The first-order valence-electron chi connectivity index (χ1n) is 9.11. The molecule has 4 nitrogen and oxygen atoms in total. The molecule has 0 saturated heterocycles. The highest BCUT2D eigenvalue weighted by Crippen LogP contribution is 2.28. The van der Waals surface area contributed by atoms with Crippen molar-refractivity contribution in [2.24, 2.45) is 0 Å². The van der Waals surface area contributed by atoms with Crippen molar-refractivity contribution < 1.29 is 0 Å². The predicted octanol–water partition coefficient (Wildman–Crippen LogP) is 5.70. The minimum atomic E-state index is 0.907. The fraction of sp³-hybridized carbons (Fsp3) is 0.130. The van der Waals surface area contributed by atoms with Crippen LogP contribution in [0.15, 0.2) is 54.6 Å². The quantitative estimate of drug-likeness (QED) is 0.428. The molecule has 0 bridgehead atoms. The number of aromatic nitrogens is 4. The summed E-state index contributed by atoms with van der Waals surface area (Å²) in [5, 5.41) is 0. The highest BCUT2D eigenvalue weighted by Gasteiger charge is 2.09. The Morgan fingerprint density at radius 3 is 1.93 bits per heavy atom. The Kier molecular flexibility index (Phi) is 3.41. The van der Waals surface area contributed by atoms with E-state index in [0.29, 0.717) is 0 Å². The Labute approximate surface area is 157 Å². The van der Waals surface area contributed by atoms with Gasteiger partial charge in [0.05, 0.1) is 22.1 Å². The number of H-pyrrole nitrogens is 2. The fourth-order valence-corrected chi connectivity index (χ4v) is 3.53. The van der Waals surface area contributed by atoms with Crippen molar-refractivity contribution >= 4 is 22.1 Å². The Balaban J connectivity index is 1.59. The van der Waals surface area contributed by atoms with Gasteiger partial charge in [-0.3, -0.25) is 0 Å². The Morgan fingerprint density at radius 1 is 0.593 bits per heavy atom. The van der Waals surface area contributed by atoms with Crippen molar-refractivity contribution in [1.29, 1.82) is 0 Å². The summed E-state index contributed by atoms with van der Waals surface area (Å²) in [6.45, 7) is 6.24. The predicted molar refractivity (Wildman–Crippen MR) is 111 cm³/mol. The normalized spacial score (nSPS) is 11.5. The molecule has 2 heterocycles. The summed E-state index contributed by atoms with van der Waals surface area (Å²) in [5.41, 5.74) is 10.1. The van der Waals surface area contributed by atoms with E-state index in [4.69, 9.17) is 4.98 Å². The van der Waals surface area contributed by atoms with E-state index in [2.05, 4.69) is 83.4 Å². The number of benzene rings is 3. The smallest absolute Gasteiger partial charge is 0.138 e. The van der Waals surface area contributed by atoms with E-state index in [1.54, 1.807) is 0 Å². The van der Waals surface area contributed by atoms with Gasteiger partial charge >= 0.3 is 0 Å². The number of aryl methyl sites for hydroxylation is 3. The number of hydrogen-bond donors (Lipinski definition) is 2. The third-order valence-electron chi connectivity index (χ3n) is 5.20. The second-order valence-corrected chi connectivity index (χ2v) is 7.17. The molecule has 0 aliphatic carbocycles. The SMILES string of the molecule is Cc1nc2ccc(-c3ccc4nc(-c5ccc(C)c(C)c5)[nH]c4c3)cc2[nH]1. The molecule has 4 heteroatoms. The lowest BCUT2D eigenvalue weighted by molar-refractivity contribution is 1.17. The lowest BCUT2D eigenvalue weighted by atomic mass is 10.0. The van der Waals surface area contributed by atoms with E-state index >= 15 is 0 Å². The molecule has 132 valence electrons. The van der Waals surface area contributed by atoms with Gasteiger partial charge in [0.25, 0.3) is 0 Å². The van der Waals surface area contributed by atoms with Gasteiger partial charge in [-0.05, 0) is 73.4 Å². The molecule has 0 aliphatic rings. The summed E-state index contributed by atoms with van der Waals surface area (Å²) >= 11 is 0. The number of fused-ring (bicyclic) bond motifs is 2. The molecule has 2 N–H and O–H groups in total. The largest absolute Gasteiger partial charge is 0.342 e. The maximum absolute atomic E-state index is 4.77. The van der Waals surface area contributed by atoms with Crippen molar-refractivity contribution in [3.8, 4) is 22.5 Å². The number of nitrogens with zero attached hydrogens (tertiary/aromatic N) is 2. The summed E-state index contributed by atoms with van der Waals surface area (Å²) in [4.78, 5) is 16.0. The van der Waals surface area contributed by atoms with Crippen LogP contribution in [0.2, 0.25) is 0 Å². The maximum Gasteiger partial charge on any atom is 0.138 e. The molecule has 0 atom stereocenters. The van der Waals surface area contributed by atoms with Crippen molar-refractivity contribution in [1.82, 2.24) is 19.9 Å². The monoisotopic (exact) mass is 352 g/mol. The molecular formula is C23H20N4. The number of aromatic amines is 2. The van der Waals surface area contributed by atoms with E-state index < -0.39 is 0 Å². The lowest BCUT2D eigenvalue weighted by Crippen LogP contribution is -1.84. The number of nitrogens with one attached hydrogen (secondary N) is 2. The highest BCUT2D eigenvalue weighted by molar-refractivity contribution is 5.87. The minimum Gasteiger partial charge on any atom is -0.342 e. The molecule has 0 amide bonds. The van der Waals surface area contributed by atoms with Gasteiger partial charge in [0.2, 0.25) is 0 Å². The van der Waals surface area contributed by atoms with Gasteiger partial charge in [-0.15, -0.1) is 0 Å². The van der Waals surface area contributed by atoms with Crippen LogP contribution in [-0.2, 0) is 0 Å². The van der Waals surface area contributed by atoms with Crippen molar-refractivity contribution in [3.63, 3.8) is 0 Å². The van der Waals surface area contributed by atoms with Crippen LogP contribution in [0.1, 0.15) is 17.0 Å². The second-order valence-electron chi connectivity index (χ2n) is 7.17. The van der Waals surface area contributed by atoms with Crippen LogP contribution in [0.5, 0.6) is 0 Å². The first-order chi connectivity index (χ1) is 13.1. The summed E-state index contributed by atoms with van der Waals surface area (Å²) in [5.74, 6) is 1.84. The molecule has 0 fully saturated rings. The van der Waals surface area contributed by atoms with E-state index in [1.165, 1.54) is 11.1 Å². The topological polar surface area (TPSA) is 57.4 Å². The van der Waals surface area contributed by atoms with Gasteiger partial charge in [-0.2, -0.15) is 0 Å². The molecule has 5 rings (SSSR count). The minimum absolute atomic E-state index is 0.907. The van der Waals surface area contributed by atoms with E-state index in [9.17, 15) is 0 Å². The number of hydrogen-bond acceptors (Lipinski definition) is 2. The standard InChI is InChI=1S/C23H20N4/c1-13-4-5-18(10-14(13)2)23-26-20-9-7-17(12-22(20)27-23)16-6-8-19-21(11-16)25-15(3)24-19/h4-12H,1-3H3,(H,24,25)(H,26,27). The average molecular weight is 352 g/mol. The van der Waals surface area contributed by atoms with Gasteiger partial charge in [-0.25, -0.2) is 9.97 Å². The lowest BCUT2D eigenvalue weighted by Gasteiger charge is -2.02. The third kappa shape index (κ3) is 2.70. The average Bonchev–Trinajstić information content (AvgIpc) is 3.24. The zero-order valence-corrected chi connectivity index (χ0v) is 15.6. The molecule has 0 aliphatic heterocycles. The molecule has 0 radical (unpaired) electrons. The van der Waals surface area contributed by atoms with Crippen LogP contribution in [0.25, 0.3) is 44.6 Å². The zero-order valence-electron chi connectivity index (χ0n) is 15.6. The maximum atomic E-state index is 4.77. The van der Waals surface area contributed by atoms with Gasteiger partial charge in [0, 0.05) is 5.56 Å². The van der Waals surface area contributed by atoms with Crippen LogP contribution in [0, 0.1) is 20.8 Å². The Morgan fingerprint density at radius 2 is 1.22 bits per heavy atom. The zero-order chi connectivity index (χ0) is 18.5. The second kappa shape index (κ2) is 5.81. The molecule has 2 aromatic heterocycles. The van der Waals surface area contributed by atoms with E-state index in [-0.39, 0.29) is 0 Å². The Bertz CT molecular complexity index is 1310. The molecule has 5 aromatic rings. The fourth-order valence-electron chi connectivity index (χ4n) is 3.53. The summed E-state index contributed by atoms with van der Waals surface area (Å²) in [6, 6.07) is 19.1. The Hall–Kier alpha value is -3.40. The van der Waals surface area contributed by atoms with Gasteiger partial charge in [-0.1, -0.05) is 24.3 Å². The van der Waals surface area contributed by atoms with Crippen LogP contribution in [-0.4, -0.2) is 19.9 Å².